The van der Waals surface area contributed by atoms with Crippen molar-refractivity contribution in [1.29, 1.82) is 0 Å². The number of carboxylic acid groups (broad SMARTS) is 1. The highest BCUT2D eigenvalue weighted by Crippen LogP contribution is 2.50. The molecule has 4 nitrogen and oxygen atoms in total. The summed E-state index contributed by atoms with van der Waals surface area (Å²) in [5, 5.41) is 29.4. The van der Waals surface area contributed by atoms with E-state index in [1.807, 2.05) is 0 Å². The highest BCUT2D eigenvalue weighted by molar-refractivity contribution is 6.31. The lowest BCUT2D eigenvalue weighted by atomic mass is 9.76. The molecule has 1 saturated carbocycles. The van der Waals surface area contributed by atoms with Gasteiger partial charge in [-0.25, -0.2) is 0 Å². The molecule has 0 aromatic heterocycles. The first-order valence-electron chi connectivity index (χ1n) is 5.85. The third kappa shape index (κ3) is 1.72. The van der Waals surface area contributed by atoms with Crippen LogP contribution in [0.3, 0.4) is 0 Å². The van der Waals surface area contributed by atoms with Crippen molar-refractivity contribution in [3.63, 3.8) is 0 Å². The number of benzene rings is 1. The Labute approximate surface area is 110 Å². The van der Waals surface area contributed by atoms with Gasteiger partial charge in [-0.2, -0.15) is 0 Å². The van der Waals surface area contributed by atoms with Crippen LogP contribution in [0.5, 0.6) is 11.5 Å². The molecule has 3 N–H and O–H groups in total. The molecule has 1 aliphatic carbocycles. The monoisotopic (exact) mass is 270 g/mol. The van der Waals surface area contributed by atoms with E-state index < -0.39 is 11.4 Å². The van der Waals surface area contributed by atoms with E-state index in [1.165, 1.54) is 6.07 Å². The Hall–Kier alpha value is -1.42. The zero-order chi connectivity index (χ0) is 13.5. The Bertz CT molecular complexity index is 478. The molecule has 0 radical (unpaired) electrons. The topological polar surface area (TPSA) is 77.8 Å². The number of aromatic hydroxyl groups is 2. The SMILES string of the molecule is Cc1c(Cl)cc(O)c(O)c1C1(C(=O)O)CCCC1. The van der Waals surface area contributed by atoms with Crippen LogP contribution in [0.1, 0.15) is 36.8 Å². The van der Waals surface area contributed by atoms with E-state index in [2.05, 4.69) is 0 Å². The predicted molar refractivity (Wildman–Crippen MR) is 67.3 cm³/mol. The molecule has 1 aromatic rings. The zero-order valence-electron chi connectivity index (χ0n) is 10.0. The average Bonchev–Trinajstić information content (AvgIpc) is 2.77. The maximum absolute atomic E-state index is 11.6. The number of hydrogen-bond acceptors (Lipinski definition) is 3. The van der Waals surface area contributed by atoms with Crippen molar-refractivity contribution in [3.8, 4) is 11.5 Å². The van der Waals surface area contributed by atoms with Gasteiger partial charge in [0.1, 0.15) is 0 Å². The molecule has 0 bridgehead atoms. The number of carbonyl (C=O) groups is 1. The first kappa shape index (κ1) is 13.0. The second-order valence-corrected chi connectivity index (χ2v) is 5.23. The Morgan fingerprint density at radius 3 is 2.39 bits per heavy atom. The molecule has 1 aliphatic rings. The van der Waals surface area contributed by atoms with E-state index in [4.69, 9.17) is 11.6 Å². The number of phenols is 2. The molecule has 2 rings (SSSR count). The van der Waals surface area contributed by atoms with Crippen molar-refractivity contribution in [1.82, 2.24) is 0 Å². The van der Waals surface area contributed by atoms with Crippen LogP contribution in [-0.4, -0.2) is 21.3 Å². The second kappa shape index (κ2) is 4.35. The van der Waals surface area contributed by atoms with Crippen molar-refractivity contribution < 1.29 is 20.1 Å². The summed E-state index contributed by atoms with van der Waals surface area (Å²) >= 11 is 5.97. The number of rotatable bonds is 2. The molecule has 0 aliphatic heterocycles. The number of halogens is 1. The van der Waals surface area contributed by atoms with Gasteiger partial charge in [0.05, 0.1) is 5.41 Å². The van der Waals surface area contributed by atoms with Crippen LogP contribution >= 0.6 is 11.6 Å². The lowest BCUT2D eigenvalue weighted by Gasteiger charge is -2.27. The number of phenolic OH excluding ortho intramolecular Hbond substituents is 2. The van der Waals surface area contributed by atoms with E-state index in [0.717, 1.165) is 12.8 Å². The van der Waals surface area contributed by atoms with Crippen LogP contribution in [0.2, 0.25) is 5.02 Å². The minimum absolute atomic E-state index is 0.262. The third-order valence-corrected chi connectivity index (χ3v) is 4.21. The molecular formula is C13H15ClO4. The van der Waals surface area contributed by atoms with Crippen LogP contribution in [0.4, 0.5) is 0 Å². The summed E-state index contributed by atoms with van der Waals surface area (Å²) in [7, 11) is 0. The fraction of sp³-hybridized carbons (Fsp3) is 0.462. The van der Waals surface area contributed by atoms with Gasteiger partial charge in [-0.15, -0.1) is 0 Å². The van der Waals surface area contributed by atoms with Gasteiger partial charge in [0.25, 0.3) is 0 Å². The van der Waals surface area contributed by atoms with Crippen LogP contribution in [0.25, 0.3) is 0 Å². The molecule has 18 heavy (non-hydrogen) atoms. The summed E-state index contributed by atoms with van der Waals surface area (Å²) in [6, 6.07) is 1.24. The molecule has 1 fully saturated rings. The lowest BCUT2D eigenvalue weighted by molar-refractivity contribution is -0.143. The largest absolute Gasteiger partial charge is 0.504 e. The van der Waals surface area contributed by atoms with Gasteiger partial charge in [0.15, 0.2) is 11.5 Å². The van der Waals surface area contributed by atoms with Crippen LogP contribution in [-0.2, 0) is 10.2 Å². The van der Waals surface area contributed by atoms with Crippen LogP contribution in [0, 0.1) is 6.92 Å². The highest BCUT2D eigenvalue weighted by atomic mass is 35.5. The van der Waals surface area contributed by atoms with Gasteiger partial charge in [-0.1, -0.05) is 24.4 Å². The van der Waals surface area contributed by atoms with Crippen LogP contribution < -0.4 is 0 Å². The fourth-order valence-electron chi connectivity index (χ4n) is 2.86. The van der Waals surface area contributed by atoms with Gasteiger partial charge in [-0.05, 0) is 25.3 Å². The van der Waals surface area contributed by atoms with E-state index in [0.29, 0.717) is 18.4 Å². The smallest absolute Gasteiger partial charge is 0.314 e. The summed E-state index contributed by atoms with van der Waals surface area (Å²) in [6.45, 7) is 1.67. The Morgan fingerprint density at radius 1 is 1.33 bits per heavy atom. The third-order valence-electron chi connectivity index (χ3n) is 3.82. The van der Waals surface area contributed by atoms with Crippen molar-refractivity contribution in [2.24, 2.45) is 0 Å². The van der Waals surface area contributed by atoms with E-state index >= 15 is 0 Å². The molecule has 0 saturated heterocycles. The lowest BCUT2D eigenvalue weighted by Crippen LogP contribution is -2.33. The fourth-order valence-corrected chi connectivity index (χ4v) is 3.05. The Balaban J connectivity index is 2.73. The molecule has 1 aromatic carbocycles. The van der Waals surface area contributed by atoms with Gasteiger partial charge >= 0.3 is 5.97 Å². The maximum Gasteiger partial charge on any atom is 0.314 e. The molecule has 0 atom stereocenters. The summed E-state index contributed by atoms with van der Waals surface area (Å²) < 4.78 is 0. The normalized spacial score (nSPS) is 17.9. The maximum atomic E-state index is 11.6. The van der Waals surface area contributed by atoms with E-state index in [9.17, 15) is 20.1 Å². The molecule has 0 amide bonds. The summed E-state index contributed by atoms with van der Waals surface area (Å²) in [6.07, 6.45) is 2.49. The predicted octanol–water partition coefficient (Wildman–Crippen LogP) is 2.96. The number of aliphatic carboxylic acids is 1. The Kier molecular flexibility index (Phi) is 3.15. The van der Waals surface area contributed by atoms with Gasteiger partial charge in [-0.3, -0.25) is 4.79 Å². The summed E-state index contributed by atoms with van der Waals surface area (Å²) in [4.78, 5) is 11.6. The van der Waals surface area contributed by atoms with Crippen molar-refractivity contribution in [2.75, 3.05) is 0 Å². The minimum atomic E-state index is -1.13. The van der Waals surface area contributed by atoms with Crippen LogP contribution in [0.15, 0.2) is 6.07 Å². The summed E-state index contributed by atoms with van der Waals surface area (Å²) in [5.41, 5.74) is -0.343. The molecule has 98 valence electrons. The standard InChI is InChI=1S/C13H15ClO4/c1-7-8(14)6-9(15)11(16)10(7)13(12(17)18)4-2-3-5-13/h6,15-16H,2-5H2,1H3,(H,17,18). The molecule has 0 unspecified atom stereocenters. The number of hydrogen-bond donors (Lipinski definition) is 3. The molecule has 0 heterocycles. The van der Waals surface area contributed by atoms with Gasteiger partial charge < -0.3 is 15.3 Å². The van der Waals surface area contributed by atoms with Gasteiger partial charge in [0.2, 0.25) is 0 Å². The molecule has 0 spiro atoms. The van der Waals surface area contributed by atoms with E-state index in [1.54, 1.807) is 6.92 Å². The van der Waals surface area contributed by atoms with Crippen molar-refractivity contribution in [2.45, 2.75) is 38.0 Å². The second-order valence-electron chi connectivity index (χ2n) is 4.82. The first-order chi connectivity index (χ1) is 8.40. The molecular weight excluding hydrogens is 256 g/mol. The first-order valence-corrected chi connectivity index (χ1v) is 6.23. The van der Waals surface area contributed by atoms with Crippen molar-refractivity contribution >= 4 is 17.6 Å². The quantitative estimate of drug-likeness (QED) is 0.722. The van der Waals surface area contributed by atoms with Crippen molar-refractivity contribution in [3.05, 3.63) is 22.2 Å². The Morgan fingerprint density at radius 2 is 1.89 bits per heavy atom. The molecule has 5 heteroatoms. The zero-order valence-corrected chi connectivity index (χ0v) is 10.8. The summed E-state index contributed by atoms with van der Waals surface area (Å²) in [5.74, 6) is -1.70. The number of carboxylic acids is 1. The van der Waals surface area contributed by atoms with Gasteiger partial charge in [0, 0.05) is 16.7 Å². The van der Waals surface area contributed by atoms with E-state index in [-0.39, 0.29) is 22.1 Å². The highest BCUT2D eigenvalue weighted by Gasteiger charge is 2.46. The average molecular weight is 271 g/mol. The minimum Gasteiger partial charge on any atom is -0.504 e.